The van der Waals surface area contributed by atoms with Gasteiger partial charge in [0, 0.05) is 0 Å². The Bertz CT molecular complexity index is 868. The molecule has 2 N–H and O–H groups in total. The van der Waals surface area contributed by atoms with Crippen LogP contribution in [0.25, 0.3) is 0 Å². The fourth-order valence-corrected chi connectivity index (χ4v) is 3.09. The summed E-state index contributed by atoms with van der Waals surface area (Å²) < 4.78 is 5.75. The molecule has 1 fully saturated rings. The minimum Gasteiger partial charge on any atom is -0.481 e. The second-order valence-electron chi connectivity index (χ2n) is 5.33. The smallest absolute Gasteiger partial charge is 0.305 e. The average molecular weight is 369 g/mol. The maximum absolute atomic E-state index is 11.6. The van der Waals surface area contributed by atoms with Crippen molar-refractivity contribution in [2.75, 3.05) is 0 Å². The number of carbonyl (C=O) groups excluding carboxylic acids is 1. The van der Waals surface area contributed by atoms with E-state index in [0.717, 1.165) is 23.1 Å². The molecule has 26 heavy (non-hydrogen) atoms. The first-order chi connectivity index (χ1) is 12.6. The number of amides is 1. The number of benzene rings is 2. The molecule has 0 spiro atoms. The zero-order valence-corrected chi connectivity index (χ0v) is 14.3. The van der Waals surface area contributed by atoms with Crippen LogP contribution in [0, 0.1) is 0 Å². The van der Waals surface area contributed by atoms with Gasteiger partial charge in [-0.05, 0) is 29.8 Å². The summed E-state index contributed by atoms with van der Waals surface area (Å²) in [6, 6.07) is 16.7. The second-order valence-corrected chi connectivity index (χ2v) is 6.52. The number of rotatable bonds is 6. The molecule has 1 amide bonds. The van der Waals surface area contributed by atoms with Crippen molar-refractivity contribution in [3.05, 3.63) is 60.2 Å². The highest BCUT2D eigenvalue weighted by molar-refractivity contribution is 8.15. The molecular formula is C18H15N3O4S. The summed E-state index contributed by atoms with van der Waals surface area (Å²) in [5.41, 5.74) is 0.777. The SMILES string of the molecule is O=C(O)CC1S/C(=N/N=C/c2cccc(Oc3ccccc3)c2)NC1=O. The Kier molecular flexibility index (Phi) is 5.65. The van der Waals surface area contributed by atoms with Crippen molar-refractivity contribution >= 4 is 35.0 Å². The van der Waals surface area contributed by atoms with E-state index in [-0.39, 0.29) is 17.5 Å². The largest absolute Gasteiger partial charge is 0.481 e. The third-order valence-electron chi connectivity index (χ3n) is 3.33. The van der Waals surface area contributed by atoms with E-state index in [1.54, 1.807) is 0 Å². The van der Waals surface area contributed by atoms with Gasteiger partial charge in [-0.3, -0.25) is 9.59 Å². The summed E-state index contributed by atoms with van der Waals surface area (Å²) >= 11 is 1.06. The number of thioether (sulfide) groups is 1. The van der Waals surface area contributed by atoms with Crippen LogP contribution in [-0.2, 0) is 9.59 Å². The predicted octanol–water partition coefficient (Wildman–Crippen LogP) is 2.88. The number of hydrogen-bond donors (Lipinski definition) is 2. The minimum atomic E-state index is -1.03. The topological polar surface area (TPSA) is 100 Å². The van der Waals surface area contributed by atoms with Crippen molar-refractivity contribution in [1.82, 2.24) is 5.32 Å². The lowest BCUT2D eigenvalue weighted by atomic mass is 10.2. The van der Waals surface area contributed by atoms with Gasteiger partial charge in [-0.25, -0.2) is 0 Å². The van der Waals surface area contributed by atoms with Gasteiger partial charge in [0.25, 0.3) is 0 Å². The Morgan fingerprint density at radius 1 is 1.19 bits per heavy atom. The number of nitrogens with one attached hydrogen (secondary N) is 1. The number of carboxylic acid groups (broad SMARTS) is 1. The summed E-state index contributed by atoms with van der Waals surface area (Å²) in [5.74, 6) is -0.00326. The van der Waals surface area contributed by atoms with Crippen LogP contribution in [0.2, 0.25) is 0 Å². The van der Waals surface area contributed by atoms with Crippen LogP contribution in [0.1, 0.15) is 12.0 Å². The van der Waals surface area contributed by atoms with Gasteiger partial charge in [-0.1, -0.05) is 42.1 Å². The maximum Gasteiger partial charge on any atom is 0.305 e. The Labute approximate surface area is 153 Å². The highest BCUT2D eigenvalue weighted by Gasteiger charge is 2.32. The zero-order chi connectivity index (χ0) is 18.4. The van der Waals surface area contributed by atoms with Crippen LogP contribution in [0.3, 0.4) is 0 Å². The van der Waals surface area contributed by atoms with Crippen molar-refractivity contribution in [3.63, 3.8) is 0 Å². The van der Waals surface area contributed by atoms with Gasteiger partial charge < -0.3 is 15.2 Å². The van der Waals surface area contributed by atoms with Crippen LogP contribution in [0.5, 0.6) is 11.5 Å². The molecule has 1 saturated heterocycles. The van der Waals surface area contributed by atoms with Gasteiger partial charge in [0.05, 0.1) is 12.6 Å². The van der Waals surface area contributed by atoms with Crippen LogP contribution in [0.4, 0.5) is 0 Å². The van der Waals surface area contributed by atoms with Crippen LogP contribution in [-0.4, -0.2) is 33.6 Å². The molecule has 2 aromatic carbocycles. The van der Waals surface area contributed by atoms with Crippen LogP contribution in [0.15, 0.2) is 64.8 Å². The summed E-state index contributed by atoms with van der Waals surface area (Å²) in [6.07, 6.45) is 1.28. The number of para-hydroxylation sites is 1. The number of hydrogen-bond acceptors (Lipinski definition) is 6. The van der Waals surface area contributed by atoms with Gasteiger partial charge >= 0.3 is 5.97 Å². The molecule has 0 aromatic heterocycles. The van der Waals surface area contributed by atoms with E-state index in [1.165, 1.54) is 6.21 Å². The van der Waals surface area contributed by atoms with Crippen molar-refractivity contribution in [1.29, 1.82) is 0 Å². The number of ether oxygens (including phenoxy) is 1. The lowest BCUT2D eigenvalue weighted by molar-refractivity contribution is -0.138. The van der Waals surface area contributed by atoms with E-state index in [1.807, 2.05) is 54.6 Å². The normalized spacial score (nSPS) is 18.2. The van der Waals surface area contributed by atoms with Crippen LogP contribution < -0.4 is 10.1 Å². The van der Waals surface area contributed by atoms with Crippen molar-refractivity contribution in [2.45, 2.75) is 11.7 Å². The Balaban J connectivity index is 1.63. The molecule has 132 valence electrons. The fourth-order valence-electron chi connectivity index (χ4n) is 2.18. The van der Waals surface area contributed by atoms with Gasteiger partial charge in [-0.15, -0.1) is 5.10 Å². The highest BCUT2D eigenvalue weighted by atomic mass is 32.2. The van der Waals surface area contributed by atoms with Gasteiger partial charge in [0.2, 0.25) is 5.91 Å². The molecule has 0 saturated carbocycles. The number of carbonyl (C=O) groups is 2. The van der Waals surface area contributed by atoms with Gasteiger partial charge in [-0.2, -0.15) is 5.10 Å². The van der Waals surface area contributed by atoms with Crippen molar-refractivity contribution in [3.8, 4) is 11.5 Å². The molecule has 3 rings (SSSR count). The van der Waals surface area contributed by atoms with E-state index in [4.69, 9.17) is 9.84 Å². The molecule has 1 heterocycles. The Morgan fingerprint density at radius 3 is 2.73 bits per heavy atom. The predicted molar refractivity (Wildman–Crippen MR) is 99.8 cm³/mol. The lowest BCUT2D eigenvalue weighted by Gasteiger charge is -2.05. The molecule has 0 radical (unpaired) electrons. The van der Waals surface area contributed by atoms with E-state index in [9.17, 15) is 9.59 Å². The molecule has 0 aliphatic carbocycles. The Morgan fingerprint density at radius 2 is 1.96 bits per heavy atom. The highest BCUT2D eigenvalue weighted by Crippen LogP contribution is 2.23. The van der Waals surface area contributed by atoms with Crippen LogP contribution >= 0.6 is 11.8 Å². The summed E-state index contributed by atoms with van der Waals surface area (Å²) in [4.78, 5) is 22.3. The molecule has 1 aliphatic heterocycles. The van der Waals surface area contributed by atoms with E-state index in [0.29, 0.717) is 5.75 Å². The van der Waals surface area contributed by atoms with Gasteiger partial charge in [0.1, 0.15) is 16.7 Å². The number of nitrogens with zero attached hydrogens (tertiary/aromatic N) is 2. The van der Waals surface area contributed by atoms with E-state index in [2.05, 4.69) is 15.5 Å². The van der Waals surface area contributed by atoms with Crippen molar-refractivity contribution in [2.24, 2.45) is 10.2 Å². The molecule has 8 heteroatoms. The summed E-state index contributed by atoms with van der Waals surface area (Å²) in [6.45, 7) is 0. The minimum absolute atomic E-state index is 0.252. The average Bonchev–Trinajstić information content (AvgIpc) is 2.95. The summed E-state index contributed by atoms with van der Waals surface area (Å²) in [7, 11) is 0. The third-order valence-corrected chi connectivity index (χ3v) is 4.40. The fraction of sp³-hybridized carbons (Fsp3) is 0.111. The van der Waals surface area contributed by atoms with Crippen molar-refractivity contribution < 1.29 is 19.4 Å². The third kappa shape index (κ3) is 4.93. The second kappa shape index (κ2) is 8.30. The number of amidine groups is 1. The van der Waals surface area contributed by atoms with E-state index >= 15 is 0 Å². The lowest BCUT2D eigenvalue weighted by Crippen LogP contribution is -2.26. The molecular weight excluding hydrogens is 354 g/mol. The Hall–Kier alpha value is -3.13. The zero-order valence-electron chi connectivity index (χ0n) is 13.5. The number of carboxylic acids is 1. The van der Waals surface area contributed by atoms with E-state index < -0.39 is 11.2 Å². The molecule has 1 atom stereocenters. The standard InChI is InChI=1S/C18H15N3O4S/c22-16(23)10-15-17(24)20-18(26-15)21-19-11-12-5-4-8-14(9-12)25-13-6-2-1-3-7-13/h1-9,11,15H,10H2,(H,22,23)(H,20,21,24)/b19-11+. The first-order valence-corrected chi connectivity index (χ1v) is 8.61. The molecule has 1 aliphatic rings. The number of aliphatic carboxylic acids is 1. The van der Waals surface area contributed by atoms with Gasteiger partial charge in [0.15, 0.2) is 5.17 Å². The molecule has 2 aromatic rings. The summed E-state index contributed by atoms with van der Waals surface area (Å²) in [5, 5.41) is 18.7. The quantitative estimate of drug-likeness (QED) is 0.602. The maximum atomic E-state index is 11.6. The molecule has 7 nitrogen and oxygen atoms in total. The molecule has 1 unspecified atom stereocenters. The first-order valence-electron chi connectivity index (χ1n) is 7.73. The monoisotopic (exact) mass is 369 g/mol. The molecule has 0 bridgehead atoms. The first kappa shape index (κ1) is 17.7.